The van der Waals surface area contributed by atoms with Crippen molar-refractivity contribution in [2.45, 2.75) is 20.3 Å². The minimum atomic E-state index is -0.180. The molecule has 0 aliphatic carbocycles. The van der Waals surface area contributed by atoms with Crippen molar-refractivity contribution >= 4 is 5.91 Å². The molecule has 0 spiro atoms. The Kier molecular flexibility index (Phi) is 8.18. The number of nitrogens with one attached hydrogen (secondary N) is 1. The molecular weight excluding hydrogens is 264 g/mol. The van der Waals surface area contributed by atoms with E-state index >= 15 is 0 Å². The highest BCUT2D eigenvalue weighted by Gasteiger charge is 2.06. The van der Waals surface area contributed by atoms with E-state index in [0.717, 1.165) is 31.6 Å². The molecule has 1 rings (SSSR count). The molecule has 21 heavy (non-hydrogen) atoms. The first kappa shape index (κ1) is 17.2. The standard InChI is InChI=1S/C17H24N2O2/c1-3-11-19(4-2)12-10-18-17(21)16-9-5-7-15(14-16)8-6-13-20/h5,7,9,14,20H,3-4,10-13H2,1-2H3,(H,18,21). The minimum absolute atomic E-state index is 0.0878. The van der Waals surface area contributed by atoms with Crippen LogP contribution in [0.1, 0.15) is 36.2 Å². The zero-order chi connectivity index (χ0) is 15.5. The topological polar surface area (TPSA) is 52.6 Å². The smallest absolute Gasteiger partial charge is 0.251 e. The Morgan fingerprint density at radius 2 is 2.14 bits per heavy atom. The lowest BCUT2D eigenvalue weighted by atomic mass is 10.1. The molecule has 0 heterocycles. The van der Waals surface area contributed by atoms with Gasteiger partial charge in [0, 0.05) is 24.2 Å². The van der Waals surface area contributed by atoms with Crippen LogP contribution in [0.2, 0.25) is 0 Å². The average Bonchev–Trinajstić information content (AvgIpc) is 2.52. The number of aliphatic hydroxyl groups is 1. The molecule has 0 aliphatic heterocycles. The van der Waals surface area contributed by atoms with E-state index in [1.54, 1.807) is 18.2 Å². The van der Waals surface area contributed by atoms with Crippen LogP contribution in [0.15, 0.2) is 24.3 Å². The van der Waals surface area contributed by atoms with Crippen molar-refractivity contribution in [3.63, 3.8) is 0 Å². The third-order valence-corrected chi connectivity index (χ3v) is 3.14. The third kappa shape index (κ3) is 6.44. The Morgan fingerprint density at radius 1 is 1.33 bits per heavy atom. The summed E-state index contributed by atoms with van der Waals surface area (Å²) in [5.41, 5.74) is 1.33. The number of carbonyl (C=O) groups is 1. The average molecular weight is 288 g/mol. The van der Waals surface area contributed by atoms with Crippen molar-refractivity contribution in [2.75, 3.05) is 32.8 Å². The third-order valence-electron chi connectivity index (χ3n) is 3.14. The lowest BCUT2D eigenvalue weighted by Gasteiger charge is -2.19. The van der Waals surface area contributed by atoms with Gasteiger partial charge in [-0.05, 0) is 37.7 Å². The predicted molar refractivity (Wildman–Crippen MR) is 85.1 cm³/mol. The molecule has 114 valence electrons. The molecule has 0 saturated carbocycles. The summed E-state index contributed by atoms with van der Waals surface area (Å²) in [6, 6.07) is 7.12. The summed E-state index contributed by atoms with van der Waals surface area (Å²) in [5.74, 6) is 5.29. The van der Waals surface area contributed by atoms with Gasteiger partial charge in [0.2, 0.25) is 0 Å². The summed E-state index contributed by atoms with van der Waals surface area (Å²) in [6.45, 7) is 7.65. The zero-order valence-corrected chi connectivity index (χ0v) is 12.9. The van der Waals surface area contributed by atoms with Crippen molar-refractivity contribution in [2.24, 2.45) is 0 Å². The number of rotatable bonds is 7. The van der Waals surface area contributed by atoms with Gasteiger partial charge >= 0.3 is 0 Å². The first-order chi connectivity index (χ1) is 10.2. The molecule has 4 nitrogen and oxygen atoms in total. The minimum Gasteiger partial charge on any atom is -0.384 e. The summed E-state index contributed by atoms with van der Waals surface area (Å²) in [6.07, 6.45) is 1.12. The first-order valence-electron chi connectivity index (χ1n) is 7.41. The molecule has 2 N–H and O–H groups in total. The van der Waals surface area contributed by atoms with E-state index in [4.69, 9.17) is 5.11 Å². The maximum absolute atomic E-state index is 12.1. The van der Waals surface area contributed by atoms with Gasteiger partial charge < -0.3 is 15.3 Å². The van der Waals surface area contributed by atoms with Crippen molar-refractivity contribution in [1.82, 2.24) is 10.2 Å². The predicted octanol–water partition coefficient (Wildman–Crippen LogP) is 1.49. The molecule has 0 unspecified atom stereocenters. The molecule has 0 atom stereocenters. The van der Waals surface area contributed by atoms with Gasteiger partial charge in [-0.2, -0.15) is 0 Å². The van der Waals surface area contributed by atoms with Gasteiger partial charge in [0.1, 0.15) is 6.61 Å². The van der Waals surface area contributed by atoms with Gasteiger partial charge in [-0.25, -0.2) is 0 Å². The van der Waals surface area contributed by atoms with Gasteiger partial charge in [0.05, 0.1) is 0 Å². The van der Waals surface area contributed by atoms with E-state index in [2.05, 4.69) is 35.9 Å². The monoisotopic (exact) mass is 288 g/mol. The van der Waals surface area contributed by atoms with Crippen LogP contribution >= 0.6 is 0 Å². The molecule has 1 aromatic rings. The fourth-order valence-electron chi connectivity index (χ4n) is 2.05. The van der Waals surface area contributed by atoms with Gasteiger partial charge in [-0.3, -0.25) is 4.79 Å². The number of nitrogens with zero attached hydrogens (tertiary/aromatic N) is 1. The maximum Gasteiger partial charge on any atom is 0.251 e. The number of hydrogen-bond donors (Lipinski definition) is 2. The van der Waals surface area contributed by atoms with Crippen LogP contribution in [0.5, 0.6) is 0 Å². The Balaban J connectivity index is 2.52. The SMILES string of the molecule is CCCN(CC)CCNC(=O)c1cccc(C#CCO)c1. The molecular formula is C17H24N2O2. The molecule has 0 bridgehead atoms. The van der Waals surface area contributed by atoms with Crippen LogP contribution in [0.25, 0.3) is 0 Å². The van der Waals surface area contributed by atoms with Crippen molar-refractivity contribution in [1.29, 1.82) is 0 Å². The van der Waals surface area contributed by atoms with Crippen LogP contribution in [-0.2, 0) is 0 Å². The Bertz CT molecular complexity index is 503. The Labute approximate surface area is 127 Å². The molecule has 0 aromatic heterocycles. The fraction of sp³-hybridized carbons (Fsp3) is 0.471. The second kappa shape index (κ2) is 9.98. The molecule has 0 aliphatic rings. The Hall–Kier alpha value is -1.83. The zero-order valence-electron chi connectivity index (χ0n) is 12.9. The van der Waals surface area contributed by atoms with Crippen LogP contribution in [0.4, 0.5) is 0 Å². The summed E-state index contributed by atoms with van der Waals surface area (Å²) in [5, 5.41) is 11.6. The molecule has 1 aromatic carbocycles. The number of aliphatic hydroxyl groups excluding tert-OH is 1. The highest BCUT2D eigenvalue weighted by atomic mass is 16.2. The Morgan fingerprint density at radius 3 is 2.81 bits per heavy atom. The van der Waals surface area contributed by atoms with Crippen LogP contribution < -0.4 is 5.32 Å². The van der Waals surface area contributed by atoms with E-state index in [0.29, 0.717) is 12.1 Å². The van der Waals surface area contributed by atoms with Crippen molar-refractivity contribution in [3.8, 4) is 11.8 Å². The van der Waals surface area contributed by atoms with Crippen LogP contribution in [-0.4, -0.2) is 48.7 Å². The van der Waals surface area contributed by atoms with Gasteiger partial charge in [-0.1, -0.05) is 31.8 Å². The van der Waals surface area contributed by atoms with Crippen molar-refractivity contribution in [3.05, 3.63) is 35.4 Å². The number of carbonyl (C=O) groups excluding carboxylic acids is 1. The normalized spacial score (nSPS) is 10.1. The van der Waals surface area contributed by atoms with E-state index < -0.39 is 0 Å². The first-order valence-corrected chi connectivity index (χ1v) is 7.41. The molecule has 0 saturated heterocycles. The summed E-state index contributed by atoms with van der Waals surface area (Å²) >= 11 is 0. The largest absolute Gasteiger partial charge is 0.384 e. The van der Waals surface area contributed by atoms with Crippen LogP contribution in [0, 0.1) is 11.8 Å². The maximum atomic E-state index is 12.1. The van der Waals surface area contributed by atoms with Gasteiger partial charge in [0.25, 0.3) is 5.91 Å². The lowest BCUT2D eigenvalue weighted by molar-refractivity contribution is 0.0948. The summed E-state index contributed by atoms with van der Waals surface area (Å²) in [7, 11) is 0. The number of amides is 1. The molecule has 1 amide bonds. The number of hydrogen-bond acceptors (Lipinski definition) is 3. The number of benzene rings is 1. The van der Waals surface area contributed by atoms with E-state index in [9.17, 15) is 4.79 Å². The summed E-state index contributed by atoms with van der Waals surface area (Å²) < 4.78 is 0. The second-order valence-corrected chi connectivity index (χ2v) is 4.73. The highest BCUT2D eigenvalue weighted by Crippen LogP contribution is 2.04. The van der Waals surface area contributed by atoms with Gasteiger partial charge in [-0.15, -0.1) is 0 Å². The lowest BCUT2D eigenvalue weighted by Crippen LogP contribution is -2.35. The molecule has 4 heteroatoms. The number of likely N-dealkylation sites (N-methyl/N-ethyl adjacent to an activating group) is 1. The highest BCUT2D eigenvalue weighted by molar-refractivity contribution is 5.94. The van der Waals surface area contributed by atoms with E-state index in [-0.39, 0.29) is 12.5 Å². The fourth-order valence-corrected chi connectivity index (χ4v) is 2.05. The van der Waals surface area contributed by atoms with E-state index in [1.807, 2.05) is 6.07 Å². The van der Waals surface area contributed by atoms with Crippen LogP contribution in [0.3, 0.4) is 0 Å². The summed E-state index contributed by atoms with van der Waals surface area (Å²) in [4.78, 5) is 14.4. The molecule has 0 radical (unpaired) electrons. The quantitative estimate of drug-likeness (QED) is 0.748. The van der Waals surface area contributed by atoms with Crippen molar-refractivity contribution < 1.29 is 9.90 Å². The second-order valence-electron chi connectivity index (χ2n) is 4.73. The van der Waals surface area contributed by atoms with E-state index in [1.165, 1.54) is 0 Å². The molecule has 0 fully saturated rings. The van der Waals surface area contributed by atoms with Gasteiger partial charge in [0.15, 0.2) is 0 Å².